The average molecular weight is 265 g/mol. The summed E-state index contributed by atoms with van der Waals surface area (Å²) in [4.78, 5) is 11.7. The van der Waals surface area contributed by atoms with Crippen molar-refractivity contribution in [3.8, 4) is 5.75 Å². The highest BCUT2D eigenvalue weighted by Crippen LogP contribution is 2.28. The second-order valence-corrected chi connectivity index (χ2v) is 4.72. The fraction of sp³-hybridized carbons (Fsp3) is 0.500. The first-order chi connectivity index (χ1) is 9.20. The van der Waals surface area contributed by atoms with Crippen molar-refractivity contribution in [2.75, 3.05) is 34.0 Å². The molecule has 1 aliphatic rings. The normalized spacial score (nSPS) is 16.5. The van der Waals surface area contributed by atoms with E-state index in [-0.39, 0.29) is 5.97 Å². The lowest BCUT2D eigenvalue weighted by atomic mass is 9.86. The lowest BCUT2D eigenvalue weighted by Gasteiger charge is -2.38. The summed E-state index contributed by atoms with van der Waals surface area (Å²) in [7, 11) is 3.05. The van der Waals surface area contributed by atoms with Gasteiger partial charge >= 0.3 is 5.97 Å². The molecule has 1 aromatic carbocycles. The predicted octanol–water partition coefficient (Wildman–Crippen LogP) is 0.974. The Morgan fingerprint density at radius 2 is 2.00 bits per heavy atom. The lowest BCUT2D eigenvalue weighted by Crippen LogP contribution is -2.55. The van der Waals surface area contributed by atoms with Gasteiger partial charge in [0.2, 0.25) is 0 Å². The number of hydrogen-bond acceptors (Lipinski definition) is 5. The molecule has 2 rings (SSSR count). The van der Waals surface area contributed by atoms with Crippen LogP contribution in [-0.2, 0) is 20.8 Å². The number of nitrogens with one attached hydrogen (secondary N) is 1. The molecule has 104 valence electrons. The number of methoxy groups -OCH3 is 2. The summed E-state index contributed by atoms with van der Waals surface area (Å²) in [5.74, 6) is 0.628. The first-order valence-electron chi connectivity index (χ1n) is 6.20. The Bertz CT molecular complexity index is 426. The van der Waals surface area contributed by atoms with E-state index in [1.54, 1.807) is 7.11 Å². The van der Waals surface area contributed by atoms with Gasteiger partial charge in [-0.3, -0.25) is 4.79 Å². The molecule has 0 unspecified atom stereocenters. The Morgan fingerprint density at radius 3 is 2.47 bits per heavy atom. The molecule has 0 bridgehead atoms. The monoisotopic (exact) mass is 265 g/mol. The quantitative estimate of drug-likeness (QED) is 0.777. The number of carbonyl (C=O) groups is 1. The maximum atomic E-state index is 11.7. The van der Waals surface area contributed by atoms with Gasteiger partial charge in [0.25, 0.3) is 0 Å². The standard InChI is InChI=1S/C14H19NO4/c1-17-12-5-3-11(4-6-12)7-15-8-14(9-19-10-14)13(16)18-2/h3-6,15H,7-10H2,1-2H3. The van der Waals surface area contributed by atoms with Crippen LogP contribution >= 0.6 is 0 Å². The van der Waals surface area contributed by atoms with Crippen LogP contribution in [0.4, 0.5) is 0 Å². The summed E-state index contributed by atoms with van der Waals surface area (Å²) in [5, 5.41) is 3.28. The van der Waals surface area contributed by atoms with Crippen LogP contribution < -0.4 is 10.1 Å². The number of esters is 1. The molecule has 0 amide bonds. The largest absolute Gasteiger partial charge is 0.497 e. The van der Waals surface area contributed by atoms with Crippen LogP contribution in [0, 0.1) is 5.41 Å². The van der Waals surface area contributed by atoms with Gasteiger partial charge in [-0.05, 0) is 17.7 Å². The third kappa shape index (κ3) is 3.05. The topological polar surface area (TPSA) is 56.8 Å². The van der Waals surface area contributed by atoms with Gasteiger partial charge in [0.15, 0.2) is 0 Å². The molecule has 0 spiro atoms. The van der Waals surface area contributed by atoms with E-state index in [4.69, 9.17) is 14.2 Å². The summed E-state index contributed by atoms with van der Waals surface area (Å²) in [6.07, 6.45) is 0. The van der Waals surface area contributed by atoms with Gasteiger partial charge in [0, 0.05) is 13.1 Å². The van der Waals surface area contributed by atoms with Crippen LogP contribution in [-0.4, -0.2) is 39.9 Å². The van der Waals surface area contributed by atoms with Crippen LogP contribution in [0.1, 0.15) is 5.56 Å². The van der Waals surface area contributed by atoms with E-state index in [1.165, 1.54) is 7.11 Å². The van der Waals surface area contributed by atoms with Gasteiger partial charge in [-0.15, -0.1) is 0 Å². The number of rotatable bonds is 6. The van der Waals surface area contributed by atoms with Crippen molar-refractivity contribution in [1.29, 1.82) is 0 Å². The van der Waals surface area contributed by atoms with Crippen molar-refractivity contribution in [3.63, 3.8) is 0 Å². The van der Waals surface area contributed by atoms with Crippen molar-refractivity contribution in [2.24, 2.45) is 5.41 Å². The Balaban J connectivity index is 1.83. The van der Waals surface area contributed by atoms with Gasteiger partial charge in [-0.1, -0.05) is 12.1 Å². The highest BCUT2D eigenvalue weighted by molar-refractivity contribution is 5.78. The van der Waals surface area contributed by atoms with Crippen LogP contribution in [0.3, 0.4) is 0 Å². The second-order valence-electron chi connectivity index (χ2n) is 4.72. The van der Waals surface area contributed by atoms with Crippen LogP contribution in [0.2, 0.25) is 0 Å². The van der Waals surface area contributed by atoms with Crippen LogP contribution in [0.25, 0.3) is 0 Å². The molecule has 0 atom stereocenters. The molecule has 5 nitrogen and oxygen atoms in total. The molecule has 0 radical (unpaired) electrons. The second kappa shape index (κ2) is 6.04. The summed E-state index contributed by atoms with van der Waals surface area (Å²) in [6, 6.07) is 7.82. The van der Waals surface area contributed by atoms with E-state index in [2.05, 4.69) is 5.32 Å². The third-order valence-corrected chi connectivity index (χ3v) is 3.33. The summed E-state index contributed by atoms with van der Waals surface area (Å²) in [5.41, 5.74) is 0.627. The first kappa shape index (κ1) is 13.8. The smallest absolute Gasteiger partial charge is 0.317 e. The van der Waals surface area contributed by atoms with Crippen molar-refractivity contribution < 1.29 is 19.0 Å². The minimum Gasteiger partial charge on any atom is -0.497 e. The molecule has 1 saturated heterocycles. The fourth-order valence-corrected chi connectivity index (χ4v) is 2.05. The Morgan fingerprint density at radius 1 is 1.32 bits per heavy atom. The molecular weight excluding hydrogens is 246 g/mol. The maximum absolute atomic E-state index is 11.7. The minimum atomic E-state index is -0.513. The predicted molar refractivity (Wildman–Crippen MR) is 70.0 cm³/mol. The molecular formula is C14H19NO4. The Hall–Kier alpha value is -1.59. The van der Waals surface area contributed by atoms with E-state index >= 15 is 0 Å². The molecule has 1 fully saturated rings. The van der Waals surface area contributed by atoms with Gasteiger partial charge < -0.3 is 19.5 Å². The molecule has 1 heterocycles. The first-order valence-corrected chi connectivity index (χ1v) is 6.20. The zero-order chi connectivity index (χ0) is 13.7. The zero-order valence-electron chi connectivity index (χ0n) is 11.3. The molecule has 0 aromatic heterocycles. The molecule has 5 heteroatoms. The molecule has 1 aliphatic heterocycles. The van der Waals surface area contributed by atoms with Crippen molar-refractivity contribution >= 4 is 5.97 Å². The van der Waals surface area contributed by atoms with E-state index in [9.17, 15) is 4.79 Å². The highest BCUT2D eigenvalue weighted by atomic mass is 16.5. The Kier molecular flexibility index (Phi) is 4.39. The SMILES string of the molecule is COC(=O)C1(CNCc2ccc(OC)cc2)COC1. The van der Waals surface area contributed by atoms with E-state index in [0.29, 0.717) is 26.3 Å². The minimum absolute atomic E-state index is 0.207. The molecule has 1 aromatic rings. The van der Waals surface area contributed by atoms with Crippen LogP contribution in [0.15, 0.2) is 24.3 Å². The summed E-state index contributed by atoms with van der Waals surface area (Å²) >= 11 is 0. The Labute approximate surface area is 112 Å². The number of hydrogen-bond donors (Lipinski definition) is 1. The number of benzene rings is 1. The van der Waals surface area contributed by atoms with Gasteiger partial charge in [-0.2, -0.15) is 0 Å². The van der Waals surface area contributed by atoms with Gasteiger partial charge in [0.05, 0.1) is 27.4 Å². The van der Waals surface area contributed by atoms with Gasteiger partial charge in [0.1, 0.15) is 11.2 Å². The number of carbonyl (C=O) groups excluding carboxylic acids is 1. The lowest BCUT2D eigenvalue weighted by molar-refractivity contribution is -0.182. The van der Waals surface area contributed by atoms with Crippen molar-refractivity contribution in [2.45, 2.75) is 6.54 Å². The van der Waals surface area contributed by atoms with Crippen LogP contribution in [0.5, 0.6) is 5.75 Å². The van der Waals surface area contributed by atoms with E-state index < -0.39 is 5.41 Å². The maximum Gasteiger partial charge on any atom is 0.317 e. The van der Waals surface area contributed by atoms with Crippen molar-refractivity contribution in [3.05, 3.63) is 29.8 Å². The van der Waals surface area contributed by atoms with E-state index in [1.807, 2.05) is 24.3 Å². The summed E-state index contributed by atoms with van der Waals surface area (Å²) in [6.45, 7) is 2.11. The fourth-order valence-electron chi connectivity index (χ4n) is 2.05. The molecule has 0 saturated carbocycles. The molecule has 19 heavy (non-hydrogen) atoms. The van der Waals surface area contributed by atoms with E-state index in [0.717, 1.165) is 11.3 Å². The molecule has 1 N–H and O–H groups in total. The van der Waals surface area contributed by atoms with Crippen molar-refractivity contribution in [1.82, 2.24) is 5.32 Å². The summed E-state index contributed by atoms with van der Waals surface area (Å²) < 4.78 is 15.1. The highest BCUT2D eigenvalue weighted by Gasteiger charge is 2.46. The van der Waals surface area contributed by atoms with Gasteiger partial charge in [-0.25, -0.2) is 0 Å². The number of ether oxygens (including phenoxy) is 3. The average Bonchev–Trinajstić information content (AvgIpc) is 2.41. The zero-order valence-corrected chi connectivity index (χ0v) is 11.3. The third-order valence-electron chi connectivity index (χ3n) is 3.33. The molecule has 0 aliphatic carbocycles.